The zero-order chi connectivity index (χ0) is 21.0. The summed E-state index contributed by atoms with van der Waals surface area (Å²) in [7, 11) is -3.50. The first-order chi connectivity index (χ1) is 13.8. The van der Waals surface area contributed by atoms with E-state index in [-0.39, 0.29) is 17.9 Å². The van der Waals surface area contributed by atoms with Crippen molar-refractivity contribution >= 4 is 15.9 Å². The van der Waals surface area contributed by atoms with Gasteiger partial charge in [-0.3, -0.25) is 4.79 Å². The van der Waals surface area contributed by atoms with E-state index in [4.69, 9.17) is 0 Å². The van der Waals surface area contributed by atoms with Gasteiger partial charge in [-0.1, -0.05) is 48.9 Å². The van der Waals surface area contributed by atoms with Crippen LogP contribution in [0.25, 0.3) is 0 Å². The average Bonchev–Trinajstić information content (AvgIpc) is 2.73. The molecule has 1 fully saturated rings. The molecule has 1 saturated heterocycles. The number of rotatable bonds is 6. The van der Waals surface area contributed by atoms with Crippen molar-refractivity contribution in [2.75, 3.05) is 13.1 Å². The van der Waals surface area contributed by atoms with E-state index in [0.717, 1.165) is 17.5 Å². The standard InChI is InChI=1S/C23H30N2O3S/c1-4-22(21-8-6-5-7-18(21)3)24-23(26)19-13-15-25(16-14-19)29(27,28)20-11-9-17(2)10-12-20/h5-12,19,22H,4,13-16H2,1-3H3,(H,24,26). The molecule has 1 atom stereocenters. The van der Waals surface area contributed by atoms with Crippen LogP contribution in [0.15, 0.2) is 53.4 Å². The minimum Gasteiger partial charge on any atom is -0.349 e. The van der Waals surface area contributed by atoms with Gasteiger partial charge in [0.25, 0.3) is 0 Å². The smallest absolute Gasteiger partial charge is 0.243 e. The van der Waals surface area contributed by atoms with Crippen LogP contribution in [0, 0.1) is 19.8 Å². The largest absolute Gasteiger partial charge is 0.349 e. The molecule has 29 heavy (non-hydrogen) atoms. The van der Waals surface area contributed by atoms with Crippen molar-refractivity contribution in [3.05, 3.63) is 65.2 Å². The molecule has 0 aliphatic carbocycles. The minimum atomic E-state index is -3.50. The molecular formula is C23H30N2O3S. The highest BCUT2D eigenvalue weighted by atomic mass is 32.2. The van der Waals surface area contributed by atoms with E-state index in [1.807, 2.05) is 31.2 Å². The number of hydrogen-bond donors (Lipinski definition) is 1. The molecule has 0 bridgehead atoms. The molecule has 5 nitrogen and oxygen atoms in total. The molecule has 1 heterocycles. The SMILES string of the molecule is CCC(NC(=O)C1CCN(S(=O)(=O)c2ccc(C)cc2)CC1)c1ccccc1C. The number of piperidine rings is 1. The van der Waals surface area contributed by atoms with Gasteiger partial charge in [0.1, 0.15) is 0 Å². The van der Waals surface area contributed by atoms with E-state index in [2.05, 4.69) is 31.3 Å². The van der Waals surface area contributed by atoms with Gasteiger partial charge in [0.15, 0.2) is 0 Å². The highest BCUT2D eigenvalue weighted by Gasteiger charge is 2.32. The molecule has 0 saturated carbocycles. The van der Waals surface area contributed by atoms with E-state index in [9.17, 15) is 13.2 Å². The minimum absolute atomic E-state index is 0.0157. The third-order valence-corrected chi connectivity index (χ3v) is 7.68. The zero-order valence-corrected chi connectivity index (χ0v) is 18.2. The van der Waals surface area contributed by atoms with Crippen molar-refractivity contribution in [2.24, 2.45) is 5.92 Å². The summed E-state index contributed by atoms with van der Waals surface area (Å²) in [6.07, 6.45) is 1.90. The number of nitrogens with zero attached hydrogens (tertiary/aromatic N) is 1. The molecule has 1 N–H and O–H groups in total. The van der Waals surface area contributed by atoms with E-state index >= 15 is 0 Å². The summed E-state index contributed by atoms with van der Waals surface area (Å²) in [4.78, 5) is 13.2. The summed E-state index contributed by atoms with van der Waals surface area (Å²) >= 11 is 0. The maximum absolute atomic E-state index is 12.8. The maximum Gasteiger partial charge on any atom is 0.243 e. The first kappa shape index (κ1) is 21.5. The van der Waals surface area contributed by atoms with Gasteiger partial charge in [-0.25, -0.2) is 8.42 Å². The highest BCUT2D eigenvalue weighted by Crippen LogP contribution is 2.26. The lowest BCUT2D eigenvalue weighted by atomic mass is 9.94. The number of sulfonamides is 1. The van der Waals surface area contributed by atoms with Crippen LogP contribution >= 0.6 is 0 Å². The maximum atomic E-state index is 12.8. The van der Waals surface area contributed by atoms with Crippen molar-refractivity contribution in [1.82, 2.24) is 9.62 Å². The van der Waals surface area contributed by atoms with E-state index < -0.39 is 10.0 Å². The molecular weight excluding hydrogens is 384 g/mol. The van der Waals surface area contributed by atoms with Crippen LogP contribution in [0.2, 0.25) is 0 Å². The molecule has 2 aromatic carbocycles. The Morgan fingerprint density at radius 2 is 1.69 bits per heavy atom. The van der Waals surface area contributed by atoms with Gasteiger partial charge in [0.2, 0.25) is 15.9 Å². The Morgan fingerprint density at radius 3 is 2.28 bits per heavy atom. The second-order valence-electron chi connectivity index (χ2n) is 7.82. The van der Waals surface area contributed by atoms with Gasteiger partial charge in [0.05, 0.1) is 10.9 Å². The van der Waals surface area contributed by atoms with Crippen molar-refractivity contribution in [2.45, 2.75) is 51.0 Å². The predicted molar refractivity (Wildman–Crippen MR) is 115 cm³/mol. The number of aryl methyl sites for hydroxylation is 2. The van der Waals surface area contributed by atoms with Crippen LogP contribution in [-0.2, 0) is 14.8 Å². The molecule has 1 amide bonds. The number of carbonyl (C=O) groups excluding carboxylic acids is 1. The third kappa shape index (κ3) is 4.87. The van der Waals surface area contributed by atoms with Crippen molar-refractivity contribution in [1.29, 1.82) is 0 Å². The Balaban J connectivity index is 1.62. The van der Waals surface area contributed by atoms with E-state index in [1.165, 1.54) is 9.87 Å². The Morgan fingerprint density at radius 1 is 1.07 bits per heavy atom. The molecule has 0 radical (unpaired) electrons. The summed E-state index contributed by atoms with van der Waals surface area (Å²) < 4.78 is 27.2. The summed E-state index contributed by atoms with van der Waals surface area (Å²) in [5.41, 5.74) is 3.33. The zero-order valence-electron chi connectivity index (χ0n) is 17.4. The topological polar surface area (TPSA) is 66.5 Å². The molecule has 6 heteroatoms. The van der Waals surface area contributed by atoms with Crippen LogP contribution in [0.3, 0.4) is 0 Å². The highest BCUT2D eigenvalue weighted by molar-refractivity contribution is 7.89. The summed E-state index contributed by atoms with van der Waals surface area (Å²) in [5, 5.41) is 3.18. The molecule has 0 aromatic heterocycles. The molecule has 1 unspecified atom stereocenters. The normalized spacial score (nSPS) is 17.1. The molecule has 2 aromatic rings. The quantitative estimate of drug-likeness (QED) is 0.778. The Labute approximate surface area is 174 Å². The predicted octanol–water partition coefficient (Wildman–Crippen LogP) is 3.97. The van der Waals surface area contributed by atoms with Crippen LogP contribution in [0.1, 0.15) is 48.9 Å². The first-order valence-electron chi connectivity index (χ1n) is 10.3. The van der Waals surface area contributed by atoms with Gasteiger partial charge in [-0.05, 0) is 56.4 Å². The van der Waals surface area contributed by atoms with Gasteiger partial charge in [-0.15, -0.1) is 0 Å². The summed E-state index contributed by atoms with van der Waals surface area (Å²) in [5.74, 6) is -0.134. The van der Waals surface area contributed by atoms with Crippen LogP contribution in [-0.4, -0.2) is 31.7 Å². The molecule has 3 rings (SSSR count). The van der Waals surface area contributed by atoms with Gasteiger partial charge >= 0.3 is 0 Å². The lowest BCUT2D eigenvalue weighted by Crippen LogP contribution is -2.43. The second kappa shape index (κ2) is 9.09. The molecule has 156 valence electrons. The number of nitrogens with one attached hydrogen (secondary N) is 1. The molecule has 0 spiro atoms. The third-order valence-electron chi connectivity index (χ3n) is 5.77. The van der Waals surface area contributed by atoms with Crippen LogP contribution in [0.4, 0.5) is 0 Å². The number of carbonyl (C=O) groups is 1. The van der Waals surface area contributed by atoms with Gasteiger partial charge in [-0.2, -0.15) is 4.31 Å². The lowest BCUT2D eigenvalue weighted by Gasteiger charge is -2.31. The number of hydrogen-bond acceptors (Lipinski definition) is 3. The van der Waals surface area contributed by atoms with E-state index in [1.54, 1.807) is 12.1 Å². The average molecular weight is 415 g/mol. The van der Waals surface area contributed by atoms with Crippen LogP contribution in [0.5, 0.6) is 0 Å². The van der Waals surface area contributed by atoms with Crippen molar-refractivity contribution in [3.8, 4) is 0 Å². The second-order valence-corrected chi connectivity index (χ2v) is 9.76. The van der Waals surface area contributed by atoms with E-state index in [0.29, 0.717) is 30.8 Å². The summed E-state index contributed by atoms with van der Waals surface area (Å²) in [6, 6.07) is 15.0. The van der Waals surface area contributed by atoms with Gasteiger partial charge < -0.3 is 5.32 Å². The number of benzene rings is 2. The fraction of sp³-hybridized carbons (Fsp3) is 0.435. The van der Waals surface area contributed by atoms with Crippen molar-refractivity contribution < 1.29 is 13.2 Å². The Kier molecular flexibility index (Phi) is 6.75. The lowest BCUT2D eigenvalue weighted by molar-refractivity contribution is -0.126. The van der Waals surface area contributed by atoms with Crippen molar-refractivity contribution in [3.63, 3.8) is 0 Å². The monoisotopic (exact) mass is 414 g/mol. The Bertz CT molecular complexity index is 946. The first-order valence-corrected chi connectivity index (χ1v) is 11.7. The fourth-order valence-corrected chi connectivity index (χ4v) is 5.35. The number of amides is 1. The van der Waals surface area contributed by atoms with Gasteiger partial charge in [0, 0.05) is 19.0 Å². The van der Waals surface area contributed by atoms with Crippen LogP contribution < -0.4 is 5.32 Å². The molecule has 1 aliphatic rings. The summed E-state index contributed by atoms with van der Waals surface area (Å²) in [6.45, 7) is 6.79. The Hall–Kier alpha value is -2.18. The fourth-order valence-electron chi connectivity index (χ4n) is 3.88. The molecule has 1 aliphatic heterocycles.